The van der Waals surface area contributed by atoms with Crippen molar-refractivity contribution in [3.05, 3.63) is 119 Å². The van der Waals surface area contributed by atoms with Crippen molar-refractivity contribution in [1.29, 1.82) is 0 Å². The fraction of sp³-hybridized carbons (Fsp3) is 0.0370. The molecule has 2 N–H and O–H groups in total. The summed E-state index contributed by atoms with van der Waals surface area (Å²) in [4.78, 5) is 26.3. The number of anilines is 1. The van der Waals surface area contributed by atoms with Crippen LogP contribution in [0, 0.1) is 0 Å². The number of carbonyl (C=O) groups excluding carboxylic acids is 1. The van der Waals surface area contributed by atoms with E-state index in [-0.39, 0.29) is 11.7 Å². The molecular formula is C27H20N4O. The molecule has 0 radical (unpaired) electrons. The van der Waals surface area contributed by atoms with Crippen molar-refractivity contribution in [1.82, 2.24) is 15.0 Å². The summed E-state index contributed by atoms with van der Waals surface area (Å²) >= 11 is 0. The van der Waals surface area contributed by atoms with Gasteiger partial charge in [-0.15, -0.1) is 0 Å². The first-order chi connectivity index (χ1) is 15.7. The van der Waals surface area contributed by atoms with Gasteiger partial charge in [-0.2, -0.15) is 0 Å². The van der Waals surface area contributed by atoms with Crippen LogP contribution in [0.15, 0.2) is 97.1 Å². The van der Waals surface area contributed by atoms with Gasteiger partial charge in [-0.3, -0.25) is 4.79 Å². The number of hydrogen-bond acceptors (Lipinski definition) is 5. The molecule has 0 saturated carbocycles. The standard InChI is InChI=1S/C27H20N4O/c28-27-30-23-16-15-22(29-25(23)24(31-27)17-18-7-3-1-4-8-18)19-11-13-21(14-12-19)26(32)20-9-5-2-6-10-20/h1-16H,17H2,(H2,28,30,31). The molecule has 2 heterocycles. The number of nitrogen functional groups attached to an aromatic ring is 1. The molecule has 0 unspecified atom stereocenters. The zero-order valence-electron chi connectivity index (χ0n) is 17.3. The first-order valence-corrected chi connectivity index (χ1v) is 10.3. The highest BCUT2D eigenvalue weighted by molar-refractivity contribution is 6.09. The molecule has 0 aliphatic carbocycles. The third kappa shape index (κ3) is 3.96. The SMILES string of the molecule is Nc1nc(Cc2ccccc2)c2nc(-c3ccc(C(=O)c4ccccc4)cc3)ccc2n1. The van der Waals surface area contributed by atoms with E-state index in [1.165, 1.54) is 0 Å². The molecule has 0 saturated heterocycles. The van der Waals surface area contributed by atoms with Crippen molar-refractivity contribution < 1.29 is 4.79 Å². The second kappa shape index (κ2) is 8.40. The van der Waals surface area contributed by atoms with E-state index < -0.39 is 0 Å². The Morgan fingerprint density at radius 2 is 1.34 bits per heavy atom. The van der Waals surface area contributed by atoms with Gasteiger partial charge >= 0.3 is 0 Å². The van der Waals surface area contributed by atoms with Crippen LogP contribution in [0.25, 0.3) is 22.3 Å². The van der Waals surface area contributed by atoms with Crippen molar-refractivity contribution in [3.63, 3.8) is 0 Å². The van der Waals surface area contributed by atoms with Gasteiger partial charge in [0, 0.05) is 23.1 Å². The second-order valence-corrected chi connectivity index (χ2v) is 7.53. The van der Waals surface area contributed by atoms with Crippen LogP contribution in [0.1, 0.15) is 27.2 Å². The minimum absolute atomic E-state index is 0.00218. The molecule has 2 aromatic heterocycles. The van der Waals surface area contributed by atoms with E-state index in [1.807, 2.05) is 84.9 Å². The predicted octanol–water partition coefficient (Wildman–Crippen LogP) is 5.10. The van der Waals surface area contributed by atoms with Gasteiger partial charge in [0.25, 0.3) is 0 Å². The van der Waals surface area contributed by atoms with Crippen molar-refractivity contribution >= 4 is 22.8 Å². The number of hydrogen-bond donors (Lipinski definition) is 1. The molecular weight excluding hydrogens is 396 g/mol. The maximum Gasteiger partial charge on any atom is 0.220 e. The van der Waals surface area contributed by atoms with Crippen LogP contribution in [0.4, 0.5) is 5.95 Å². The smallest absolute Gasteiger partial charge is 0.220 e. The van der Waals surface area contributed by atoms with Crippen LogP contribution in [0.5, 0.6) is 0 Å². The molecule has 0 atom stereocenters. The zero-order chi connectivity index (χ0) is 21.9. The molecule has 0 spiro atoms. The number of carbonyl (C=O) groups is 1. The summed E-state index contributed by atoms with van der Waals surface area (Å²) in [7, 11) is 0. The summed E-state index contributed by atoms with van der Waals surface area (Å²) in [6.45, 7) is 0. The molecule has 5 nitrogen and oxygen atoms in total. The van der Waals surface area contributed by atoms with Crippen molar-refractivity contribution in [2.75, 3.05) is 5.73 Å². The third-order valence-corrected chi connectivity index (χ3v) is 5.33. The Balaban J connectivity index is 1.50. The van der Waals surface area contributed by atoms with Gasteiger partial charge in [0.15, 0.2) is 5.78 Å². The molecule has 32 heavy (non-hydrogen) atoms. The zero-order valence-corrected chi connectivity index (χ0v) is 17.3. The Kier molecular flexibility index (Phi) is 5.14. The molecule has 5 rings (SSSR count). The van der Waals surface area contributed by atoms with E-state index in [1.54, 1.807) is 0 Å². The van der Waals surface area contributed by atoms with E-state index in [2.05, 4.69) is 22.1 Å². The van der Waals surface area contributed by atoms with Crippen molar-refractivity contribution in [2.45, 2.75) is 6.42 Å². The lowest BCUT2D eigenvalue weighted by Gasteiger charge is -2.09. The number of pyridine rings is 1. The number of ketones is 1. The summed E-state index contributed by atoms with van der Waals surface area (Å²) in [5, 5.41) is 0. The summed E-state index contributed by atoms with van der Waals surface area (Å²) in [6, 6.07) is 30.7. The van der Waals surface area contributed by atoms with Crippen LogP contribution in [0.3, 0.4) is 0 Å². The molecule has 5 aromatic rings. The number of aromatic nitrogens is 3. The highest BCUT2D eigenvalue weighted by atomic mass is 16.1. The van der Waals surface area contributed by atoms with E-state index in [9.17, 15) is 4.79 Å². The third-order valence-electron chi connectivity index (χ3n) is 5.33. The van der Waals surface area contributed by atoms with Crippen LogP contribution in [0.2, 0.25) is 0 Å². The fourth-order valence-corrected chi connectivity index (χ4v) is 3.72. The lowest BCUT2D eigenvalue weighted by Crippen LogP contribution is -2.03. The first kappa shape index (κ1) is 19.6. The van der Waals surface area contributed by atoms with E-state index in [0.717, 1.165) is 28.0 Å². The van der Waals surface area contributed by atoms with E-state index in [4.69, 9.17) is 10.7 Å². The molecule has 0 amide bonds. The molecule has 0 aliphatic rings. The average Bonchev–Trinajstić information content (AvgIpc) is 2.85. The summed E-state index contributed by atoms with van der Waals surface area (Å²) in [5.41, 5.74) is 12.3. The quantitative estimate of drug-likeness (QED) is 0.403. The largest absolute Gasteiger partial charge is 0.368 e. The fourth-order valence-electron chi connectivity index (χ4n) is 3.72. The maximum absolute atomic E-state index is 12.7. The van der Waals surface area contributed by atoms with Gasteiger partial charge in [-0.05, 0) is 17.7 Å². The van der Waals surface area contributed by atoms with Crippen LogP contribution >= 0.6 is 0 Å². The molecule has 154 valence electrons. The van der Waals surface area contributed by atoms with Gasteiger partial charge in [-0.1, -0.05) is 84.9 Å². The highest BCUT2D eigenvalue weighted by Gasteiger charge is 2.12. The van der Waals surface area contributed by atoms with E-state index >= 15 is 0 Å². The van der Waals surface area contributed by atoms with Gasteiger partial charge in [0.1, 0.15) is 5.52 Å². The van der Waals surface area contributed by atoms with Gasteiger partial charge in [0.05, 0.1) is 16.9 Å². The number of benzene rings is 3. The molecule has 3 aromatic carbocycles. The monoisotopic (exact) mass is 416 g/mol. The van der Waals surface area contributed by atoms with Crippen molar-refractivity contribution in [3.8, 4) is 11.3 Å². The maximum atomic E-state index is 12.7. The van der Waals surface area contributed by atoms with Crippen LogP contribution in [-0.4, -0.2) is 20.7 Å². The van der Waals surface area contributed by atoms with Crippen molar-refractivity contribution in [2.24, 2.45) is 0 Å². The normalized spacial score (nSPS) is 10.9. The Morgan fingerprint density at radius 1 is 0.688 bits per heavy atom. The summed E-state index contributed by atoms with van der Waals surface area (Å²) in [6.07, 6.45) is 0.616. The van der Waals surface area contributed by atoms with Crippen LogP contribution < -0.4 is 5.73 Å². The number of nitrogens with two attached hydrogens (primary N) is 1. The van der Waals surface area contributed by atoms with Gasteiger partial charge in [-0.25, -0.2) is 15.0 Å². The lowest BCUT2D eigenvalue weighted by molar-refractivity contribution is 0.103. The molecule has 0 aliphatic heterocycles. The topological polar surface area (TPSA) is 81.8 Å². The summed E-state index contributed by atoms with van der Waals surface area (Å²) in [5.74, 6) is 0.236. The Morgan fingerprint density at radius 3 is 2.06 bits per heavy atom. The molecule has 5 heteroatoms. The Labute approximate surface area is 185 Å². The summed E-state index contributed by atoms with van der Waals surface area (Å²) < 4.78 is 0. The number of nitrogens with zero attached hydrogens (tertiary/aromatic N) is 3. The second-order valence-electron chi connectivity index (χ2n) is 7.53. The molecule has 0 fully saturated rings. The Hall–Kier alpha value is -4.38. The van der Waals surface area contributed by atoms with E-state index in [0.29, 0.717) is 23.1 Å². The number of rotatable bonds is 5. The average molecular weight is 416 g/mol. The Bertz CT molecular complexity index is 1400. The highest BCUT2D eigenvalue weighted by Crippen LogP contribution is 2.24. The minimum Gasteiger partial charge on any atom is -0.368 e. The molecule has 0 bridgehead atoms. The predicted molar refractivity (Wildman–Crippen MR) is 126 cm³/mol. The lowest BCUT2D eigenvalue weighted by atomic mass is 10.0. The van der Waals surface area contributed by atoms with Gasteiger partial charge in [0.2, 0.25) is 5.95 Å². The number of fused-ring (bicyclic) bond motifs is 1. The van der Waals surface area contributed by atoms with Crippen LogP contribution in [-0.2, 0) is 6.42 Å². The van der Waals surface area contributed by atoms with Gasteiger partial charge < -0.3 is 5.73 Å². The first-order valence-electron chi connectivity index (χ1n) is 10.3. The minimum atomic E-state index is -0.00218.